The summed E-state index contributed by atoms with van der Waals surface area (Å²) in [7, 11) is 0. The molecule has 0 aromatic rings. The summed E-state index contributed by atoms with van der Waals surface area (Å²) in [6.07, 6.45) is 2.52. The van der Waals surface area contributed by atoms with Crippen LogP contribution in [0.15, 0.2) is 0 Å². The van der Waals surface area contributed by atoms with Gasteiger partial charge in [0.2, 0.25) is 0 Å². The molecule has 1 N–H and O–H groups in total. The van der Waals surface area contributed by atoms with E-state index in [0.717, 1.165) is 32.2 Å². The first-order valence-corrected chi connectivity index (χ1v) is 4.74. The standard InChI is InChI=1S/C9H15N3.ClH/c10-5-8-6-12(7-8)9-1-3-11-4-2-9;/h8-9,11H,1-4,6-7H2;1H. The molecule has 13 heavy (non-hydrogen) atoms. The predicted octanol–water partition coefficient (Wildman–Crippen LogP) is 0.616. The van der Waals surface area contributed by atoms with Crippen molar-refractivity contribution in [3.05, 3.63) is 0 Å². The largest absolute Gasteiger partial charge is 0.317 e. The van der Waals surface area contributed by atoms with Crippen molar-refractivity contribution >= 4 is 12.4 Å². The van der Waals surface area contributed by atoms with Gasteiger partial charge in [-0.2, -0.15) is 5.26 Å². The number of nitrogens with zero attached hydrogens (tertiary/aromatic N) is 2. The van der Waals surface area contributed by atoms with Gasteiger partial charge in [0.15, 0.2) is 0 Å². The molecule has 0 aliphatic carbocycles. The van der Waals surface area contributed by atoms with Crippen molar-refractivity contribution < 1.29 is 0 Å². The van der Waals surface area contributed by atoms with Crippen LogP contribution < -0.4 is 5.32 Å². The highest BCUT2D eigenvalue weighted by molar-refractivity contribution is 5.85. The van der Waals surface area contributed by atoms with Crippen molar-refractivity contribution in [2.75, 3.05) is 26.2 Å². The lowest BCUT2D eigenvalue weighted by Gasteiger charge is -2.43. The molecule has 2 heterocycles. The molecule has 0 saturated carbocycles. The van der Waals surface area contributed by atoms with Gasteiger partial charge in [-0.1, -0.05) is 0 Å². The third kappa shape index (κ3) is 2.34. The molecule has 0 aromatic heterocycles. The van der Waals surface area contributed by atoms with E-state index in [-0.39, 0.29) is 12.4 Å². The molecule has 3 nitrogen and oxygen atoms in total. The Morgan fingerprint density at radius 2 is 1.85 bits per heavy atom. The average Bonchev–Trinajstić information content (AvgIpc) is 2.04. The third-order valence-corrected chi connectivity index (χ3v) is 2.92. The molecule has 0 radical (unpaired) electrons. The second kappa shape index (κ2) is 4.80. The Labute approximate surface area is 85.5 Å². The van der Waals surface area contributed by atoms with Crippen molar-refractivity contribution in [1.29, 1.82) is 5.26 Å². The summed E-state index contributed by atoms with van der Waals surface area (Å²) in [4.78, 5) is 2.45. The zero-order valence-electron chi connectivity index (χ0n) is 7.70. The highest BCUT2D eigenvalue weighted by Gasteiger charge is 2.32. The lowest BCUT2D eigenvalue weighted by molar-refractivity contribution is 0.0631. The molecule has 2 saturated heterocycles. The molecule has 2 aliphatic heterocycles. The van der Waals surface area contributed by atoms with Crippen molar-refractivity contribution in [2.45, 2.75) is 18.9 Å². The van der Waals surface area contributed by atoms with Crippen LogP contribution in [0.2, 0.25) is 0 Å². The van der Waals surface area contributed by atoms with E-state index >= 15 is 0 Å². The maximum absolute atomic E-state index is 8.61. The van der Waals surface area contributed by atoms with E-state index in [2.05, 4.69) is 16.3 Å². The molecular weight excluding hydrogens is 186 g/mol. The van der Waals surface area contributed by atoms with Crippen LogP contribution in [0.4, 0.5) is 0 Å². The van der Waals surface area contributed by atoms with E-state index in [0.29, 0.717) is 5.92 Å². The molecule has 0 unspecified atom stereocenters. The first kappa shape index (κ1) is 10.8. The molecule has 2 rings (SSSR count). The highest BCUT2D eigenvalue weighted by Crippen LogP contribution is 2.22. The quantitative estimate of drug-likeness (QED) is 0.676. The predicted molar refractivity (Wildman–Crippen MR) is 53.8 cm³/mol. The van der Waals surface area contributed by atoms with Gasteiger partial charge in [0.05, 0.1) is 12.0 Å². The van der Waals surface area contributed by atoms with Gasteiger partial charge in [-0.3, -0.25) is 4.90 Å². The Morgan fingerprint density at radius 3 is 2.38 bits per heavy atom. The Balaban J connectivity index is 0.000000845. The third-order valence-electron chi connectivity index (χ3n) is 2.92. The zero-order valence-corrected chi connectivity index (χ0v) is 8.52. The summed E-state index contributed by atoms with van der Waals surface area (Å²) < 4.78 is 0. The topological polar surface area (TPSA) is 39.1 Å². The second-order valence-electron chi connectivity index (χ2n) is 3.76. The number of piperidine rings is 1. The first-order chi connectivity index (χ1) is 5.90. The van der Waals surface area contributed by atoms with Gasteiger partial charge in [0.25, 0.3) is 0 Å². The normalized spacial score (nSPS) is 25.8. The lowest BCUT2D eigenvalue weighted by Crippen LogP contribution is -2.54. The molecule has 0 amide bonds. The molecule has 0 aromatic carbocycles. The van der Waals surface area contributed by atoms with E-state index in [1.165, 1.54) is 12.8 Å². The Morgan fingerprint density at radius 1 is 1.23 bits per heavy atom. The summed E-state index contributed by atoms with van der Waals surface area (Å²) in [6.45, 7) is 4.33. The lowest BCUT2D eigenvalue weighted by atomic mass is 9.95. The van der Waals surface area contributed by atoms with E-state index in [1.54, 1.807) is 0 Å². The zero-order chi connectivity index (χ0) is 8.39. The minimum atomic E-state index is 0. The van der Waals surface area contributed by atoms with Gasteiger partial charge in [0.1, 0.15) is 0 Å². The van der Waals surface area contributed by atoms with E-state index in [1.807, 2.05) is 0 Å². The second-order valence-corrected chi connectivity index (χ2v) is 3.76. The van der Waals surface area contributed by atoms with E-state index in [4.69, 9.17) is 5.26 Å². The summed E-state index contributed by atoms with van der Waals surface area (Å²) in [5.41, 5.74) is 0. The highest BCUT2D eigenvalue weighted by atomic mass is 35.5. The van der Waals surface area contributed by atoms with Crippen molar-refractivity contribution in [2.24, 2.45) is 5.92 Å². The van der Waals surface area contributed by atoms with Gasteiger partial charge in [-0.15, -0.1) is 12.4 Å². The van der Waals surface area contributed by atoms with Crippen LogP contribution in [0.5, 0.6) is 0 Å². The minimum Gasteiger partial charge on any atom is -0.317 e. The number of halogens is 1. The number of hydrogen-bond acceptors (Lipinski definition) is 3. The Bertz CT molecular complexity index is 190. The van der Waals surface area contributed by atoms with E-state index < -0.39 is 0 Å². The molecular formula is C9H16ClN3. The molecule has 0 spiro atoms. The summed E-state index contributed by atoms with van der Waals surface area (Å²) in [5, 5.41) is 12.0. The van der Waals surface area contributed by atoms with Crippen molar-refractivity contribution in [1.82, 2.24) is 10.2 Å². The molecule has 0 bridgehead atoms. The minimum absolute atomic E-state index is 0. The fourth-order valence-corrected chi connectivity index (χ4v) is 2.06. The van der Waals surface area contributed by atoms with Crippen LogP contribution in [0.25, 0.3) is 0 Å². The summed E-state index contributed by atoms with van der Waals surface area (Å²) >= 11 is 0. The number of rotatable bonds is 1. The Kier molecular flexibility index (Phi) is 3.98. The maximum Gasteiger partial charge on any atom is 0.0717 e. The summed E-state index contributed by atoms with van der Waals surface area (Å²) in [5.74, 6) is 0.319. The maximum atomic E-state index is 8.61. The van der Waals surface area contributed by atoms with Crippen LogP contribution >= 0.6 is 12.4 Å². The van der Waals surface area contributed by atoms with Crippen LogP contribution in [-0.2, 0) is 0 Å². The molecule has 74 valence electrons. The van der Waals surface area contributed by atoms with Gasteiger partial charge in [-0.05, 0) is 25.9 Å². The molecule has 2 aliphatic rings. The fourth-order valence-electron chi connectivity index (χ4n) is 2.06. The van der Waals surface area contributed by atoms with E-state index in [9.17, 15) is 0 Å². The SMILES string of the molecule is Cl.N#CC1CN(C2CCNCC2)C1. The first-order valence-electron chi connectivity index (χ1n) is 4.74. The Hall–Kier alpha value is -0.300. The number of nitrogens with one attached hydrogen (secondary N) is 1. The van der Waals surface area contributed by atoms with Crippen LogP contribution in [0.3, 0.4) is 0 Å². The van der Waals surface area contributed by atoms with Gasteiger partial charge >= 0.3 is 0 Å². The molecule has 0 atom stereocenters. The average molecular weight is 202 g/mol. The summed E-state index contributed by atoms with van der Waals surface area (Å²) in [6, 6.07) is 3.07. The molecule has 2 fully saturated rings. The van der Waals surface area contributed by atoms with Crippen LogP contribution in [-0.4, -0.2) is 37.1 Å². The van der Waals surface area contributed by atoms with Crippen LogP contribution in [0.1, 0.15) is 12.8 Å². The van der Waals surface area contributed by atoms with Crippen molar-refractivity contribution in [3.8, 4) is 6.07 Å². The van der Waals surface area contributed by atoms with Crippen LogP contribution in [0, 0.1) is 17.2 Å². The van der Waals surface area contributed by atoms with Crippen molar-refractivity contribution in [3.63, 3.8) is 0 Å². The monoisotopic (exact) mass is 201 g/mol. The number of nitriles is 1. The van der Waals surface area contributed by atoms with Gasteiger partial charge in [0, 0.05) is 19.1 Å². The number of likely N-dealkylation sites (tertiary alicyclic amines) is 1. The van der Waals surface area contributed by atoms with Gasteiger partial charge in [-0.25, -0.2) is 0 Å². The fraction of sp³-hybridized carbons (Fsp3) is 0.889. The smallest absolute Gasteiger partial charge is 0.0717 e. The van der Waals surface area contributed by atoms with Gasteiger partial charge < -0.3 is 5.32 Å². The number of hydrogen-bond donors (Lipinski definition) is 1. The molecule has 4 heteroatoms.